The van der Waals surface area contributed by atoms with Crippen LogP contribution in [0.5, 0.6) is 0 Å². The van der Waals surface area contributed by atoms with Crippen molar-refractivity contribution in [2.75, 3.05) is 45.9 Å². The van der Waals surface area contributed by atoms with Crippen LogP contribution in [0.1, 0.15) is 57.6 Å². The van der Waals surface area contributed by atoms with E-state index in [4.69, 9.17) is 9.73 Å². The van der Waals surface area contributed by atoms with Crippen molar-refractivity contribution in [3.63, 3.8) is 0 Å². The van der Waals surface area contributed by atoms with E-state index in [9.17, 15) is 0 Å². The van der Waals surface area contributed by atoms with Crippen LogP contribution >= 0.6 is 24.0 Å². The van der Waals surface area contributed by atoms with Crippen LogP contribution in [-0.4, -0.2) is 71.6 Å². The predicted octanol–water partition coefficient (Wildman–Crippen LogP) is 2.96. The molecule has 1 aliphatic heterocycles. The summed E-state index contributed by atoms with van der Waals surface area (Å²) in [6.45, 7) is 14.1. The van der Waals surface area contributed by atoms with E-state index < -0.39 is 0 Å². The Bertz CT molecular complexity index is 680. The van der Waals surface area contributed by atoms with Crippen LogP contribution < -0.4 is 10.6 Å². The van der Waals surface area contributed by atoms with E-state index in [1.165, 1.54) is 25.7 Å². The molecule has 0 atom stereocenters. The van der Waals surface area contributed by atoms with Crippen LogP contribution in [0.3, 0.4) is 0 Å². The van der Waals surface area contributed by atoms with Gasteiger partial charge in [0.15, 0.2) is 11.8 Å². The largest absolute Gasteiger partial charge is 0.379 e. The second-order valence-corrected chi connectivity index (χ2v) is 9.53. The van der Waals surface area contributed by atoms with Crippen molar-refractivity contribution in [2.24, 2.45) is 29.8 Å². The van der Waals surface area contributed by atoms with Gasteiger partial charge in [0.25, 0.3) is 0 Å². The third-order valence-corrected chi connectivity index (χ3v) is 7.00. The lowest BCUT2D eigenvalue weighted by Crippen LogP contribution is -2.42. The summed E-state index contributed by atoms with van der Waals surface area (Å²) in [5.41, 5.74) is 0. The summed E-state index contributed by atoms with van der Waals surface area (Å²) in [5, 5.41) is 15.6. The van der Waals surface area contributed by atoms with Gasteiger partial charge in [0.05, 0.1) is 13.2 Å². The fraction of sp³-hybridized carbons (Fsp3) is 0.870. The minimum atomic E-state index is 0. The molecule has 184 valence electrons. The molecule has 0 amide bonds. The summed E-state index contributed by atoms with van der Waals surface area (Å²) in [7, 11) is 2.00. The first kappa shape index (κ1) is 27.3. The van der Waals surface area contributed by atoms with Crippen LogP contribution in [0.4, 0.5) is 0 Å². The number of nitrogens with one attached hydrogen (secondary N) is 2. The molecule has 0 radical (unpaired) electrons. The third kappa shape index (κ3) is 8.78. The van der Waals surface area contributed by atoms with Gasteiger partial charge in [-0.15, -0.1) is 34.2 Å². The highest BCUT2D eigenvalue weighted by Gasteiger charge is 2.23. The first-order chi connectivity index (χ1) is 15.0. The second-order valence-electron chi connectivity index (χ2n) is 9.53. The number of aliphatic imine (C=N–C) groups is 1. The number of rotatable bonds is 9. The molecule has 2 heterocycles. The van der Waals surface area contributed by atoms with Gasteiger partial charge in [-0.2, -0.15) is 0 Å². The number of morpholine rings is 1. The molecular weight excluding hydrogens is 517 g/mol. The quantitative estimate of drug-likeness (QED) is 0.209. The Morgan fingerprint density at radius 2 is 1.84 bits per heavy atom. The minimum Gasteiger partial charge on any atom is -0.379 e. The molecule has 0 bridgehead atoms. The molecule has 0 unspecified atom stereocenters. The van der Waals surface area contributed by atoms with Gasteiger partial charge in [-0.1, -0.05) is 13.8 Å². The molecule has 32 heavy (non-hydrogen) atoms. The molecule has 1 aromatic heterocycles. The van der Waals surface area contributed by atoms with Crippen molar-refractivity contribution < 1.29 is 4.74 Å². The number of hydrogen-bond acceptors (Lipinski definition) is 5. The highest BCUT2D eigenvalue weighted by Crippen LogP contribution is 2.32. The first-order valence-corrected chi connectivity index (χ1v) is 12.2. The van der Waals surface area contributed by atoms with Gasteiger partial charge in [-0.25, -0.2) is 4.99 Å². The molecule has 1 aliphatic carbocycles. The Balaban J connectivity index is 0.00000363. The minimum absolute atomic E-state index is 0. The van der Waals surface area contributed by atoms with Crippen molar-refractivity contribution in [3.05, 3.63) is 11.6 Å². The molecule has 2 aliphatic rings. The summed E-state index contributed by atoms with van der Waals surface area (Å²) < 4.78 is 7.45. The maximum atomic E-state index is 5.44. The Kier molecular flexibility index (Phi) is 12.2. The van der Waals surface area contributed by atoms with E-state index in [1.807, 2.05) is 18.5 Å². The number of ether oxygens (including phenoxy) is 1. The van der Waals surface area contributed by atoms with Crippen LogP contribution in [-0.2, 0) is 18.3 Å². The Morgan fingerprint density at radius 3 is 2.47 bits per heavy atom. The van der Waals surface area contributed by atoms with Gasteiger partial charge in [0.1, 0.15) is 12.4 Å². The standard InChI is InChI=1S/C23H43N7O.HI/c1-18(2)21-8-6-20(7-9-21)16-25-23(26-17-22-28-27-19(3)29(22)4)24-10-5-11-30-12-14-31-15-13-30;/h18,20-21H,5-17H2,1-4H3,(H2,24,25,26);1H. The fourth-order valence-corrected chi connectivity index (χ4v) is 4.55. The highest BCUT2D eigenvalue weighted by molar-refractivity contribution is 14.0. The van der Waals surface area contributed by atoms with Crippen molar-refractivity contribution >= 4 is 29.9 Å². The zero-order valence-corrected chi connectivity index (χ0v) is 22.8. The summed E-state index contributed by atoms with van der Waals surface area (Å²) in [6.07, 6.45) is 6.47. The normalized spacial score (nSPS) is 22.6. The monoisotopic (exact) mass is 561 g/mol. The third-order valence-electron chi connectivity index (χ3n) is 7.00. The van der Waals surface area contributed by atoms with Gasteiger partial charge >= 0.3 is 0 Å². The Labute approximate surface area is 211 Å². The van der Waals surface area contributed by atoms with E-state index in [0.29, 0.717) is 6.54 Å². The molecular formula is C23H44IN7O. The second kappa shape index (κ2) is 14.3. The zero-order chi connectivity index (χ0) is 22.1. The van der Waals surface area contributed by atoms with Gasteiger partial charge < -0.3 is 19.9 Å². The van der Waals surface area contributed by atoms with Crippen LogP contribution in [0.15, 0.2) is 4.99 Å². The average Bonchev–Trinajstić information content (AvgIpc) is 3.11. The number of hydrogen-bond donors (Lipinski definition) is 2. The lowest BCUT2D eigenvalue weighted by atomic mass is 9.77. The number of nitrogens with zero attached hydrogens (tertiary/aromatic N) is 5. The number of aryl methyl sites for hydroxylation is 1. The molecule has 2 N–H and O–H groups in total. The fourth-order valence-electron chi connectivity index (χ4n) is 4.55. The van der Waals surface area contributed by atoms with Crippen molar-refractivity contribution in [1.82, 2.24) is 30.3 Å². The van der Waals surface area contributed by atoms with Crippen molar-refractivity contribution in [2.45, 2.75) is 59.4 Å². The molecule has 3 rings (SSSR count). The molecule has 0 aromatic carbocycles. The van der Waals surface area contributed by atoms with E-state index in [-0.39, 0.29) is 24.0 Å². The maximum Gasteiger partial charge on any atom is 0.191 e. The number of aromatic nitrogens is 3. The summed E-state index contributed by atoms with van der Waals surface area (Å²) >= 11 is 0. The summed E-state index contributed by atoms with van der Waals surface area (Å²) in [6, 6.07) is 0. The van der Waals surface area contributed by atoms with Gasteiger partial charge in [0.2, 0.25) is 0 Å². The summed E-state index contributed by atoms with van der Waals surface area (Å²) in [5.74, 6) is 5.17. The average molecular weight is 562 g/mol. The number of guanidine groups is 1. The lowest BCUT2D eigenvalue weighted by Gasteiger charge is -2.31. The van der Waals surface area contributed by atoms with Gasteiger partial charge in [-0.3, -0.25) is 4.90 Å². The van der Waals surface area contributed by atoms with Crippen molar-refractivity contribution in [3.8, 4) is 0 Å². The molecule has 1 saturated heterocycles. The maximum absolute atomic E-state index is 5.44. The molecule has 8 nitrogen and oxygen atoms in total. The Hall–Kier alpha value is -0.940. The van der Waals surface area contributed by atoms with Crippen LogP contribution in [0, 0.1) is 24.7 Å². The smallest absolute Gasteiger partial charge is 0.191 e. The first-order valence-electron chi connectivity index (χ1n) is 12.2. The van der Waals surface area contributed by atoms with Crippen LogP contribution in [0.2, 0.25) is 0 Å². The molecule has 1 saturated carbocycles. The molecule has 2 fully saturated rings. The van der Waals surface area contributed by atoms with Gasteiger partial charge in [-0.05, 0) is 63.3 Å². The van der Waals surface area contributed by atoms with Crippen molar-refractivity contribution in [1.29, 1.82) is 0 Å². The molecule has 1 aromatic rings. The Morgan fingerprint density at radius 1 is 1.12 bits per heavy atom. The highest BCUT2D eigenvalue weighted by atomic mass is 127. The lowest BCUT2D eigenvalue weighted by molar-refractivity contribution is 0.0376. The molecule has 9 heteroatoms. The van der Waals surface area contributed by atoms with Gasteiger partial charge in [0, 0.05) is 33.2 Å². The van der Waals surface area contributed by atoms with E-state index in [0.717, 1.165) is 87.7 Å². The zero-order valence-electron chi connectivity index (χ0n) is 20.5. The van der Waals surface area contributed by atoms with E-state index >= 15 is 0 Å². The van der Waals surface area contributed by atoms with E-state index in [2.05, 4.69) is 39.6 Å². The van der Waals surface area contributed by atoms with E-state index in [1.54, 1.807) is 0 Å². The predicted molar refractivity (Wildman–Crippen MR) is 140 cm³/mol. The SMILES string of the molecule is Cc1nnc(CN=C(NCCCN2CCOCC2)NCC2CCC(C(C)C)CC2)n1C.I. The molecule has 0 spiro atoms. The summed E-state index contributed by atoms with van der Waals surface area (Å²) in [4.78, 5) is 7.29. The number of halogens is 1. The van der Waals surface area contributed by atoms with Crippen LogP contribution in [0.25, 0.3) is 0 Å². The topological polar surface area (TPSA) is 79.6 Å².